The number of fused-ring (bicyclic) bond motifs is 2. The first-order valence-corrected chi connectivity index (χ1v) is 9.39. The lowest BCUT2D eigenvalue weighted by Crippen LogP contribution is -2.00. The molecule has 0 atom stereocenters. The first kappa shape index (κ1) is 16.8. The smallest absolute Gasteiger partial charge is 0.162 e. The van der Waals surface area contributed by atoms with Crippen LogP contribution in [0.15, 0.2) is 71.3 Å². The summed E-state index contributed by atoms with van der Waals surface area (Å²) < 4.78 is 15.6. The van der Waals surface area contributed by atoms with Crippen molar-refractivity contribution in [2.24, 2.45) is 0 Å². The first-order chi connectivity index (χ1) is 13.7. The lowest BCUT2D eigenvalue weighted by atomic mass is 10.1. The monoisotopic (exact) mass is 433 g/mol. The summed E-state index contributed by atoms with van der Waals surface area (Å²) in [5.41, 5.74) is 3.11. The molecule has 0 amide bonds. The van der Waals surface area contributed by atoms with E-state index in [1.807, 2.05) is 42.5 Å². The summed E-state index contributed by atoms with van der Waals surface area (Å²) in [6.45, 7) is 0. The fourth-order valence-corrected chi connectivity index (χ4v) is 3.38. The molecule has 2 N–H and O–H groups in total. The zero-order valence-electron chi connectivity index (χ0n) is 14.4. The van der Waals surface area contributed by atoms with E-state index in [0.29, 0.717) is 22.5 Å². The van der Waals surface area contributed by atoms with Gasteiger partial charge in [-0.3, -0.25) is 5.10 Å². The van der Waals surface area contributed by atoms with Crippen LogP contribution in [-0.2, 0) is 0 Å². The third kappa shape index (κ3) is 2.99. The molecule has 28 heavy (non-hydrogen) atoms. The van der Waals surface area contributed by atoms with Crippen molar-refractivity contribution in [3.8, 4) is 11.4 Å². The molecule has 0 spiro atoms. The Morgan fingerprint density at radius 2 is 1.82 bits per heavy atom. The summed E-state index contributed by atoms with van der Waals surface area (Å²) in [5.74, 6) is 0.577. The van der Waals surface area contributed by atoms with Gasteiger partial charge in [0, 0.05) is 21.1 Å². The largest absolute Gasteiger partial charge is 0.339 e. The van der Waals surface area contributed by atoms with Crippen molar-refractivity contribution in [3.05, 3.63) is 77.2 Å². The number of hydrogen-bond acceptors (Lipinski definition) is 4. The van der Waals surface area contributed by atoms with Crippen LogP contribution < -0.4 is 5.32 Å². The van der Waals surface area contributed by atoms with Crippen molar-refractivity contribution in [2.75, 3.05) is 5.32 Å². The average Bonchev–Trinajstić information content (AvgIpc) is 3.16. The Hall–Kier alpha value is -3.32. The van der Waals surface area contributed by atoms with Gasteiger partial charge >= 0.3 is 0 Å². The van der Waals surface area contributed by atoms with Crippen molar-refractivity contribution >= 4 is 49.2 Å². The quantitative estimate of drug-likeness (QED) is 0.376. The Labute approximate surface area is 167 Å². The minimum atomic E-state index is -0.369. The Balaban J connectivity index is 1.67. The van der Waals surface area contributed by atoms with Crippen LogP contribution in [0.5, 0.6) is 0 Å². The van der Waals surface area contributed by atoms with Crippen molar-refractivity contribution in [1.82, 2.24) is 20.2 Å². The maximum atomic E-state index is 14.6. The normalized spacial score (nSPS) is 11.2. The predicted molar refractivity (Wildman–Crippen MR) is 112 cm³/mol. The highest BCUT2D eigenvalue weighted by molar-refractivity contribution is 9.10. The van der Waals surface area contributed by atoms with E-state index in [-0.39, 0.29) is 5.82 Å². The number of nitrogens with one attached hydrogen (secondary N) is 2. The van der Waals surface area contributed by atoms with E-state index in [2.05, 4.69) is 41.4 Å². The number of nitrogens with zero attached hydrogens (tertiary/aromatic N) is 3. The van der Waals surface area contributed by atoms with Crippen molar-refractivity contribution in [3.63, 3.8) is 0 Å². The van der Waals surface area contributed by atoms with Gasteiger partial charge in [0.25, 0.3) is 0 Å². The lowest BCUT2D eigenvalue weighted by molar-refractivity contribution is 0.639. The number of H-pyrrole nitrogens is 1. The average molecular weight is 434 g/mol. The fourth-order valence-electron chi connectivity index (χ4n) is 3.12. The summed E-state index contributed by atoms with van der Waals surface area (Å²) in [5, 5.41) is 11.5. The van der Waals surface area contributed by atoms with E-state index < -0.39 is 0 Å². The van der Waals surface area contributed by atoms with E-state index in [0.717, 1.165) is 26.6 Å². The number of anilines is 2. The maximum Gasteiger partial charge on any atom is 0.162 e. The van der Waals surface area contributed by atoms with Crippen LogP contribution in [0.4, 0.5) is 15.9 Å². The topological polar surface area (TPSA) is 66.5 Å². The number of rotatable bonds is 3. The van der Waals surface area contributed by atoms with Gasteiger partial charge in [0.2, 0.25) is 0 Å². The Kier molecular flexibility index (Phi) is 4.02. The van der Waals surface area contributed by atoms with Crippen LogP contribution in [0.3, 0.4) is 0 Å². The predicted octanol–water partition coefficient (Wildman–Crippen LogP) is 5.82. The maximum absolute atomic E-state index is 14.6. The van der Waals surface area contributed by atoms with Gasteiger partial charge in [0.15, 0.2) is 5.82 Å². The molecule has 0 unspecified atom stereocenters. The van der Waals surface area contributed by atoms with Gasteiger partial charge in [-0.15, -0.1) is 0 Å². The highest BCUT2D eigenvalue weighted by Crippen LogP contribution is 2.30. The molecule has 5 rings (SSSR count). The van der Waals surface area contributed by atoms with Crippen molar-refractivity contribution in [2.45, 2.75) is 0 Å². The van der Waals surface area contributed by atoms with Crippen LogP contribution in [0, 0.1) is 5.82 Å². The molecule has 5 nitrogen and oxygen atoms in total. The van der Waals surface area contributed by atoms with Crippen LogP contribution in [0.1, 0.15) is 0 Å². The summed E-state index contributed by atoms with van der Waals surface area (Å²) >= 11 is 3.43. The number of aromatic nitrogens is 4. The van der Waals surface area contributed by atoms with Gasteiger partial charge in [-0.2, -0.15) is 5.10 Å². The van der Waals surface area contributed by atoms with Crippen LogP contribution in [0.25, 0.3) is 33.2 Å². The van der Waals surface area contributed by atoms with E-state index in [4.69, 9.17) is 0 Å². The molecule has 2 heterocycles. The molecule has 2 aromatic heterocycles. The Morgan fingerprint density at radius 1 is 0.964 bits per heavy atom. The third-order valence-electron chi connectivity index (χ3n) is 4.48. The highest BCUT2D eigenvalue weighted by atomic mass is 79.9. The van der Waals surface area contributed by atoms with Gasteiger partial charge in [0.05, 0.1) is 22.6 Å². The SMILES string of the molecule is Fc1cccc2nc(-c3ccc(Br)cc3)nc(Nc3ccc4[nH]ncc4c3)c12. The van der Waals surface area contributed by atoms with E-state index in [1.165, 1.54) is 6.07 Å². The Morgan fingerprint density at radius 3 is 2.68 bits per heavy atom. The van der Waals surface area contributed by atoms with E-state index in [1.54, 1.807) is 18.3 Å². The van der Waals surface area contributed by atoms with Gasteiger partial charge in [-0.05, 0) is 42.5 Å². The molecule has 0 bridgehead atoms. The second-order valence-electron chi connectivity index (χ2n) is 6.33. The second kappa shape index (κ2) is 6.69. The first-order valence-electron chi connectivity index (χ1n) is 8.60. The molecule has 0 fully saturated rings. The number of hydrogen-bond donors (Lipinski definition) is 2. The second-order valence-corrected chi connectivity index (χ2v) is 7.25. The minimum Gasteiger partial charge on any atom is -0.339 e. The molecule has 5 aromatic rings. The zero-order chi connectivity index (χ0) is 19.1. The highest BCUT2D eigenvalue weighted by Gasteiger charge is 2.14. The lowest BCUT2D eigenvalue weighted by Gasteiger charge is -2.12. The van der Waals surface area contributed by atoms with Gasteiger partial charge in [-0.1, -0.05) is 34.1 Å². The molecule has 0 aliphatic carbocycles. The molecular formula is C21H13BrFN5. The fraction of sp³-hybridized carbons (Fsp3) is 0. The van der Waals surface area contributed by atoms with Gasteiger partial charge < -0.3 is 5.32 Å². The van der Waals surface area contributed by atoms with E-state index >= 15 is 0 Å². The summed E-state index contributed by atoms with van der Waals surface area (Å²) in [6, 6.07) is 18.3. The molecule has 0 saturated heterocycles. The molecule has 7 heteroatoms. The van der Waals surface area contributed by atoms with Crippen LogP contribution in [0.2, 0.25) is 0 Å². The summed E-state index contributed by atoms with van der Waals surface area (Å²) in [7, 11) is 0. The molecule has 136 valence electrons. The van der Waals surface area contributed by atoms with Gasteiger partial charge in [-0.25, -0.2) is 14.4 Å². The standard InChI is InChI=1S/C21H13BrFN5/c22-14-6-4-12(5-7-14)20-26-18-3-1-2-16(23)19(18)21(27-20)25-15-8-9-17-13(10-15)11-24-28-17/h1-11H,(H,24,28)(H,25,26,27). The number of halogens is 2. The van der Waals surface area contributed by atoms with Crippen molar-refractivity contribution < 1.29 is 4.39 Å². The molecule has 3 aromatic carbocycles. The molecule has 0 aliphatic heterocycles. The zero-order valence-corrected chi connectivity index (χ0v) is 16.0. The summed E-state index contributed by atoms with van der Waals surface area (Å²) in [4.78, 5) is 9.18. The van der Waals surface area contributed by atoms with Crippen LogP contribution >= 0.6 is 15.9 Å². The molecular weight excluding hydrogens is 421 g/mol. The Bertz CT molecular complexity index is 1310. The van der Waals surface area contributed by atoms with E-state index in [9.17, 15) is 4.39 Å². The molecule has 0 saturated carbocycles. The minimum absolute atomic E-state index is 0.357. The number of benzene rings is 3. The van der Waals surface area contributed by atoms with Crippen molar-refractivity contribution in [1.29, 1.82) is 0 Å². The molecule has 0 radical (unpaired) electrons. The summed E-state index contributed by atoms with van der Waals surface area (Å²) in [6.07, 6.45) is 1.74. The molecule has 0 aliphatic rings. The third-order valence-corrected chi connectivity index (χ3v) is 5.01. The van der Waals surface area contributed by atoms with Crippen LogP contribution in [-0.4, -0.2) is 20.2 Å². The van der Waals surface area contributed by atoms with Gasteiger partial charge in [0.1, 0.15) is 11.6 Å². The number of aromatic amines is 1.